The van der Waals surface area contributed by atoms with Crippen LogP contribution in [0.1, 0.15) is 0 Å². The smallest absolute Gasteiger partial charge is 0.271 e. The van der Waals surface area contributed by atoms with Crippen molar-refractivity contribution < 1.29 is 4.92 Å². The minimum absolute atomic E-state index is 0.0513. The van der Waals surface area contributed by atoms with Gasteiger partial charge >= 0.3 is 0 Å². The van der Waals surface area contributed by atoms with Gasteiger partial charge in [0.25, 0.3) is 5.69 Å². The largest absolute Gasteiger partial charge is 0.338 e. The number of nitro groups is 1. The Bertz CT molecular complexity index is 947. The molecule has 25 heavy (non-hydrogen) atoms. The van der Waals surface area contributed by atoms with Gasteiger partial charge in [-0.1, -0.05) is 11.6 Å². The van der Waals surface area contributed by atoms with Gasteiger partial charge < -0.3 is 10.6 Å². The molecule has 0 saturated heterocycles. The van der Waals surface area contributed by atoms with E-state index in [1.54, 1.807) is 30.2 Å². The fraction of sp³-hybridized carbons (Fsp3) is 0.0714. The summed E-state index contributed by atoms with van der Waals surface area (Å²) in [5, 5.41) is 21.2. The second-order valence-electron chi connectivity index (χ2n) is 4.96. The summed E-state index contributed by atoms with van der Waals surface area (Å²) in [6.45, 7) is 0. The number of aryl methyl sites for hydroxylation is 1. The summed E-state index contributed by atoms with van der Waals surface area (Å²) in [7, 11) is 1.79. The van der Waals surface area contributed by atoms with Crippen molar-refractivity contribution in [2.75, 3.05) is 10.6 Å². The van der Waals surface area contributed by atoms with Gasteiger partial charge in [-0.2, -0.15) is 10.1 Å². The molecule has 3 aromatic rings. The van der Waals surface area contributed by atoms with Gasteiger partial charge in [0.05, 0.1) is 28.7 Å². The maximum atomic E-state index is 10.9. The molecule has 0 bridgehead atoms. The van der Waals surface area contributed by atoms with Crippen LogP contribution in [-0.4, -0.2) is 24.7 Å². The number of halogens is 2. The summed E-state index contributed by atoms with van der Waals surface area (Å²) >= 11 is 9.47. The summed E-state index contributed by atoms with van der Waals surface area (Å²) in [5.41, 5.74) is 1.12. The van der Waals surface area contributed by atoms with Crippen LogP contribution in [0.4, 0.5) is 28.8 Å². The van der Waals surface area contributed by atoms with E-state index < -0.39 is 4.92 Å². The summed E-state index contributed by atoms with van der Waals surface area (Å²) in [5.74, 6) is 0.616. The molecule has 0 spiro atoms. The summed E-state index contributed by atoms with van der Waals surface area (Å²) in [6, 6.07) is 4.35. The number of non-ortho nitro benzene ring substituents is 1. The minimum atomic E-state index is -0.478. The molecule has 1 aromatic carbocycles. The third-order valence-electron chi connectivity index (χ3n) is 3.12. The predicted molar refractivity (Wildman–Crippen MR) is 97.6 cm³/mol. The highest BCUT2D eigenvalue weighted by Crippen LogP contribution is 2.32. The van der Waals surface area contributed by atoms with E-state index in [2.05, 4.69) is 41.6 Å². The lowest BCUT2D eigenvalue weighted by Gasteiger charge is -2.10. The molecule has 128 valence electrons. The molecule has 3 rings (SSSR count). The second kappa shape index (κ2) is 7.03. The van der Waals surface area contributed by atoms with E-state index in [4.69, 9.17) is 11.6 Å². The van der Waals surface area contributed by atoms with Crippen molar-refractivity contribution in [1.82, 2.24) is 19.7 Å². The first-order valence-corrected chi connectivity index (χ1v) is 8.08. The second-order valence-corrected chi connectivity index (χ2v) is 6.23. The van der Waals surface area contributed by atoms with Gasteiger partial charge in [0.15, 0.2) is 5.82 Å². The van der Waals surface area contributed by atoms with Crippen LogP contribution in [0.5, 0.6) is 0 Å². The Kier molecular flexibility index (Phi) is 4.81. The number of nitrogens with zero attached hydrogens (tertiary/aromatic N) is 5. The number of aromatic nitrogens is 4. The summed E-state index contributed by atoms with van der Waals surface area (Å²) in [6.07, 6.45) is 4.82. The van der Waals surface area contributed by atoms with Crippen LogP contribution in [0.25, 0.3) is 0 Å². The Morgan fingerprint density at radius 3 is 2.80 bits per heavy atom. The normalized spacial score (nSPS) is 10.5. The molecule has 11 heteroatoms. The quantitative estimate of drug-likeness (QED) is 0.470. The van der Waals surface area contributed by atoms with Gasteiger partial charge in [-0.25, -0.2) is 4.98 Å². The van der Waals surface area contributed by atoms with E-state index in [0.717, 1.165) is 0 Å². The first kappa shape index (κ1) is 17.1. The Morgan fingerprint density at radius 1 is 1.32 bits per heavy atom. The standard InChI is InChI=1S/C14H11BrClN7O2/c1-22-7-8(5-18-22)19-14-17-6-11(16)13(21-14)20-12-4-9(23(24)25)2-3-10(12)15/h2-7H,1H3,(H2,17,19,20,21). The van der Waals surface area contributed by atoms with Crippen LogP contribution in [0.15, 0.2) is 41.3 Å². The zero-order chi connectivity index (χ0) is 18.0. The molecule has 0 amide bonds. The van der Waals surface area contributed by atoms with Crippen molar-refractivity contribution in [3.8, 4) is 0 Å². The SMILES string of the molecule is Cn1cc(Nc2ncc(Cl)c(Nc3cc([N+](=O)[O-])ccc3Br)n2)cn1. The van der Waals surface area contributed by atoms with E-state index in [-0.39, 0.29) is 10.7 Å². The van der Waals surface area contributed by atoms with E-state index in [1.165, 1.54) is 18.3 Å². The Morgan fingerprint density at radius 2 is 2.12 bits per heavy atom. The number of benzene rings is 1. The molecular formula is C14H11BrClN7O2. The lowest BCUT2D eigenvalue weighted by Crippen LogP contribution is -2.02. The maximum absolute atomic E-state index is 10.9. The zero-order valence-electron chi connectivity index (χ0n) is 12.8. The van der Waals surface area contributed by atoms with E-state index in [9.17, 15) is 10.1 Å². The maximum Gasteiger partial charge on any atom is 0.271 e. The molecular weight excluding hydrogens is 414 g/mol. The van der Waals surface area contributed by atoms with Gasteiger partial charge in [-0.05, 0) is 22.0 Å². The molecule has 0 radical (unpaired) electrons. The third-order valence-corrected chi connectivity index (χ3v) is 4.09. The topological polar surface area (TPSA) is 111 Å². The lowest BCUT2D eigenvalue weighted by atomic mass is 10.3. The molecule has 2 N–H and O–H groups in total. The van der Waals surface area contributed by atoms with Gasteiger partial charge in [-0.15, -0.1) is 0 Å². The molecule has 0 aliphatic heterocycles. The molecule has 2 aromatic heterocycles. The van der Waals surface area contributed by atoms with E-state index in [1.807, 2.05) is 0 Å². The average Bonchev–Trinajstić information content (AvgIpc) is 2.97. The van der Waals surface area contributed by atoms with Crippen molar-refractivity contribution in [3.05, 3.63) is 56.4 Å². The number of hydrogen-bond acceptors (Lipinski definition) is 7. The van der Waals surface area contributed by atoms with Crippen LogP contribution in [0.3, 0.4) is 0 Å². The number of rotatable bonds is 5. The molecule has 2 heterocycles. The van der Waals surface area contributed by atoms with Crippen molar-refractivity contribution in [3.63, 3.8) is 0 Å². The summed E-state index contributed by atoms with van der Waals surface area (Å²) < 4.78 is 2.27. The molecule has 0 fully saturated rings. The van der Waals surface area contributed by atoms with E-state index in [0.29, 0.717) is 27.6 Å². The van der Waals surface area contributed by atoms with Crippen molar-refractivity contribution in [2.24, 2.45) is 7.05 Å². The van der Waals surface area contributed by atoms with E-state index >= 15 is 0 Å². The highest BCUT2D eigenvalue weighted by atomic mass is 79.9. The lowest BCUT2D eigenvalue weighted by molar-refractivity contribution is -0.384. The van der Waals surface area contributed by atoms with Crippen LogP contribution >= 0.6 is 27.5 Å². The van der Waals surface area contributed by atoms with Crippen molar-refractivity contribution in [1.29, 1.82) is 0 Å². The Balaban J connectivity index is 1.88. The molecule has 0 aliphatic carbocycles. The highest BCUT2D eigenvalue weighted by molar-refractivity contribution is 9.10. The Labute approximate surface area is 155 Å². The fourth-order valence-electron chi connectivity index (χ4n) is 1.98. The van der Waals surface area contributed by atoms with Crippen molar-refractivity contribution >= 4 is 56.4 Å². The van der Waals surface area contributed by atoms with Crippen LogP contribution in [0, 0.1) is 10.1 Å². The third kappa shape index (κ3) is 4.03. The monoisotopic (exact) mass is 423 g/mol. The van der Waals surface area contributed by atoms with Gasteiger partial charge in [0, 0.05) is 29.8 Å². The number of nitro benzene ring substituents is 1. The molecule has 9 nitrogen and oxygen atoms in total. The molecule has 0 aliphatic rings. The predicted octanol–water partition coefficient (Wildman–Crippen LogP) is 4.02. The average molecular weight is 425 g/mol. The van der Waals surface area contributed by atoms with Gasteiger partial charge in [-0.3, -0.25) is 14.8 Å². The zero-order valence-corrected chi connectivity index (χ0v) is 15.1. The van der Waals surface area contributed by atoms with Crippen molar-refractivity contribution in [2.45, 2.75) is 0 Å². The van der Waals surface area contributed by atoms with Gasteiger partial charge in [0.1, 0.15) is 5.02 Å². The molecule has 0 atom stereocenters. The number of nitrogens with one attached hydrogen (secondary N) is 2. The molecule has 0 unspecified atom stereocenters. The van der Waals surface area contributed by atoms with Crippen LogP contribution in [0.2, 0.25) is 5.02 Å². The first-order valence-electron chi connectivity index (χ1n) is 6.91. The highest BCUT2D eigenvalue weighted by Gasteiger charge is 2.13. The van der Waals surface area contributed by atoms with Gasteiger partial charge in [0.2, 0.25) is 5.95 Å². The Hall–Kier alpha value is -2.72. The minimum Gasteiger partial charge on any atom is -0.338 e. The fourth-order valence-corrected chi connectivity index (χ4v) is 2.46. The number of anilines is 4. The number of hydrogen-bond donors (Lipinski definition) is 2. The first-order chi connectivity index (χ1) is 11.9. The van der Waals surface area contributed by atoms with Crippen LogP contribution < -0.4 is 10.6 Å². The summed E-state index contributed by atoms with van der Waals surface area (Å²) in [4.78, 5) is 18.9. The van der Waals surface area contributed by atoms with Crippen LogP contribution in [-0.2, 0) is 7.05 Å². The molecule has 0 saturated carbocycles.